The topological polar surface area (TPSA) is 70.2 Å². The number of hydrogen-bond acceptors (Lipinski definition) is 3. The second kappa shape index (κ2) is 10.2. The van der Waals surface area contributed by atoms with Crippen LogP contribution in [0.15, 0.2) is 30.3 Å². The molecule has 0 aromatic heterocycles. The summed E-state index contributed by atoms with van der Waals surface area (Å²) < 4.78 is 0. The molecule has 2 rings (SSSR count). The van der Waals surface area contributed by atoms with Crippen molar-refractivity contribution in [3.8, 4) is 0 Å². The summed E-state index contributed by atoms with van der Waals surface area (Å²) in [5, 5.41) is 8.89. The molecule has 1 aromatic rings. The molecule has 0 aliphatic carbocycles. The maximum absolute atomic E-state index is 11.7. The number of amides is 2. The summed E-state index contributed by atoms with van der Waals surface area (Å²) in [4.78, 5) is 23.4. The Labute approximate surface area is 137 Å². The zero-order valence-corrected chi connectivity index (χ0v) is 13.5. The van der Waals surface area contributed by atoms with E-state index in [0.29, 0.717) is 25.3 Å². The van der Waals surface area contributed by atoms with Gasteiger partial charge in [-0.05, 0) is 44.0 Å². The minimum atomic E-state index is -0.0820. The fraction of sp³-hybridized carbons (Fsp3) is 0.500. The quantitative estimate of drug-likeness (QED) is 0.717. The van der Waals surface area contributed by atoms with Crippen molar-refractivity contribution in [2.45, 2.75) is 25.7 Å². The molecule has 1 saturated heterocycles. The number of nitrogens with one attached hydrogen (secondary N) is 3. The van der Waals surface area contributed by atoms with Crippen molar-refractivity contribution in [1.29, 1.82) is 0 Å². The highest BCUT2D eigenvalue weighted by molar-refractivity contribution is 5.91. The van der Waals surface area contributed by atoms with Crippen molar-refractivity contribution < 1.29 is 9.59 Å². The number of hydrogen-bond donors (Lipinski definition) is 3. The van der Waals surface area contributed by atoms with Crippen molar-refractivity contribution in [1.82, 2.24) is 10.6 Å². The SMILES string of the molecule is Cl.O=C(CCC1CCNC1)NCCC(=O)Nc1ccccc1. The molecular formula is C16H24ClN3O2. The third kappa shape index (κ3) is 6.91. The van der Waals surface area contributed by atoms with Gasteiger partial charge in [0.1, 0.15) is 0 Å². The summed E-state index contributed by atoms with van der Waals surface area (Å²) >= 11 is 0. The predicted molar refractivity (Wildman–Crippen MR) is 90.2 cm³/mol. The van der Waals surface area contributed by atoms with Gasteiger partial charge in [0.05, 0.1) is 0 Å². The van der Waals surface area contributed by atoms with Crippen molar-refractivity contribution in [3.05, 3.63) is 30.3 Å². The van der Waals surface area contributed by atoms with Crippen LogP contribution in [0.1, 0.15) is 25.7 Å². The Bertz CT molecular complexity index is 462. The molecule has 1 aliphatic heterocycles. The molecule has 0 radical (unpaired) electrons. The van der Waals surface area contributed by atoms with Gasteiger partial charge in [-0.15, -0.1) is 12.4 Å². The highest BCUT2D eigenvalue weighted by Gasteiger charge is 2.15. The van der Waals surface area contributed by atoms with Crippen molar-refractivity contribution in [3.63, 3.8) is 0 Å². The van der Waals surface area contributed by atoms with E-state index in [4.69, 9.17) is 0 Å². The number of carbonyl (C=O) groups is 2. The first-order valence-electron chi connectivity index (χ1n) is 7.56. The van der Waals surface area contributed by atoms with Gasteiger partial charge in [-0.2, -0.15) is 0 Å². The molecule has 5 nitrogen and oxygen atoms in total. The summed E-state index contributed by atoms with van der Waals surface area (Å²) in [6.07, 6.45) is 2.93. The zero-order chi connectivity index (χ0) is 14.9. The summed E-state index contributed by atoms with van der Waals surface area (Å²) in [6, 6.07) is 9.32. The molecule has 2 amide bonds. The van der Waals surface area contributed by atoms with E-state index < -0.39 is 0 Å². The molecule has 1 heterocycles. The van der Waals surface area contributed by atoms with Gasteiger partial charge in [0.25, 0.3) is 0 Å². The Morgan fingerprint density at radius 3 is 2.59 bits per heavy atom. The van der Waals surface area contributed by atoms with E-state index in [1.807, 2.05) is 30.3 Å². The second-order valence-electron chi connectivity index (χ2n) is 5.41. The van der Waals surface area contributed by atoms with Gasteiger partial charge in [-0.25, -0.2) is 0 Å². The minimum Gasteiger partial charge on any atom is -0.356 e. The third-order valence-electron chi connectivity index (χ3n) is 3.67. The summed E-state index contributed by atoms with van der Waals surface area (Å²) in [5.41, 5.74) is 0.780. The summed E-state index contributed by atoms with van der Waals surface area (Å²) in [6.45, 7) is 2.47. The lowest BCUT2D eigenvalue weighted by Crippen LogP contribution is -2.28. The van der Waals surface area contributed by atoms with Gasteiger partial charge in [-0.3, -0.25) is 9.59 Å². The van der Waals surface area contributed by atoms with Crippen LogP contribution in [-0.4, -0.2) is 31.4 Å². The molecule has 1 unspecified atom stereocenters. The van der Waals surface area contributed by atoms with E-state index in [0.717, 1.165) is 31.6 Å². The predicted octanol–water partition coefficient (Wildman–Crippen LogP) is 1.94. The smallest absolute Gasteiger partial charge is 0.226 e. The van der Waals surface area contributed by atoms with Crippen LogP contribution in [-0.2, 0) is 9.59 Å². The van der Waals surface area contributed by atoms with Gasteiger partial charge in [0.15, 0.2) is 0 Å². The summed E-state index contributed by atoms with van der Waals surface area (Å²) in [5.74, 6) is 0.577. The van der Waals surface area contributed by atoms with E-state index in [2.05, 4.69) is 16.0 Å². The molecule has 0 spiro atoms. The number of rotatable bonds is 7. The van der Waals surface area contributed by atoms with Crippen LogP contribution < -0.4 is 16.0 Å². The van der Waals surface area contributed by atoms with Gasteiger partial charge in [0, 0.05) is 25.1 Å². The number of anilines is 1. The van der Waals surface area contributed by atoms with E-state index in [-0.39, 0.29) is 24.2 Å². The average molecular weight is 326 g/mol. The first-order chi connectivity index (χ1) is 10.2. The Balaban J connectivity index is 0.00000242. The second-order valence-corrected chi connectivity index (χ2v) is 5.41. The van der Waals surface area contributed by atoms with Gasteiger partial charge in [-0.1, -0.05) is 18.2 Å². The Morgan fingerprint density at radius 1 is 1.14 bits per heavy atom. The van der Waals surface area contributed by atoms with E-state index in [1.165, 1.54) is 0 Å². The van der Waals surface area contributed by atoms with Gasteiger partial charge >= 0.3 is 0 Å². The molecule has 1 aromatic carbocycles. The van der Waals surface area contributed by atoms with E-state index in [1.54, 1.807) is 0 Å². The maximum Gasteiger partial charge on any atom is 0.226 e. The number of para-hydroxylation sites is 1. The van der Waals surface area contributed by atoms with E-state index in [9.17, 15) is 9.59 Å². The first-order valence-corrected chi connectivity index (χ1v) is 7.56. The Morgan fingerprint density at radius 2 is 1.91 bits per heavy atom. The fourth-order valence-electron chi connectivity index (χ4n) is 2.44. The lowest BCUT2D eigenvalue weighted by Gasteiger charge is -2.09. The Kier molecular flexibility index (Phi) is 8.55. The lowest BCUT2D eigenvalue weighted by molar-refractivity contribution is -0.121. The standard InChI is InChI=1S/C16H23N3O2.ClH/c20-15(7-6-13-8-10-17-12-13)18-11-9-16(21)19-14-4-2-1-3-5-14;/h1-5,13,17H,6-12H2,(H,18,20)(H,19,21);1H. The number of benzene rings is 1. The lowest BCUT2D eigenvalue weighted by atomic mass is 10.0. The maximum atomic E-state index is 11.7. The van der Waals surface area contributed by atoms with Gasteiger partial charge < -0.3 is 16.0 Å². The van der Waals surface area contributed by atoms with Crippen LogP contribution in [0.5, 0.6) is 0 Å². The van der Waals surface area contributed by atoms with Crippen LogP contribution in [0.2, 0.25) is 0 Å². The highest BCUT2D eigenvalue weighted by Crippen LogP contribution is 2.13. The van der Waals surface area contributed by atoms with Crippen LogP contribution in [0.25, 0.3) is 0 Å². The molecule has 0 saturated carbocycles. The van der Waals surface area contributed by atoms with Crippen molar-refractivity contribution in [2.24, 2.45) is 5.92 Å². The molecule has 22 heavy (non-hydrogen) atoms. The van der Waals surface area contributed by atoms with Gasteiger partial charge in [0.2, 0.25) is 11.8 Å². The molecule has 3 N–H and O–H groups in total. The third-order valence-corrected chi connectivity index (χ3v) is 3.67. The number of carbonyl (C=O) groups excluding carboxylic acids is 2. The van der Waals surface area contributed by atoms with Crippen LogP contribution in [0.4, 0.5) is 5.69 Å². The first kappa shape index (κ1) is 18.5. The largest absolute Gasteiger partial charge is 0.356 e. The molecule has 6 heteroatoms. The monoisotopic (exact) mass is 325 g/mol. The van der Waals surface area contributed by atoms with Crippen molar-refractivity contribution >= 4 is 29.9 Å². The molecule has 122 valence electrons. The Hall–Kier alpha value is -1.59. The minimum absolute atomic E-state index is 0. The van der Waals surface area contributed by atoms with Crippen LogP contribution in [0, 0.1) is 5.92 Å². The molecule has 1 fully saturated rings. The number of halogens is 1. The molecular weight excluding hydrogens is 302 g/mol. The molecule has 1 atom stereocenters. The molecule has 0 bridgehead atoms. The van der Waals surface area contributed by atoms with Crippen molar-refractivity contribution in [2.75, 3.05) is 25.0 Å². The fourth-order valence-corrected chi connectivity index (χ4v) is 2.44. The average Bonchev–Trinajstić information content (AvgIpc) is 2.99. The normalized spacial score (nSPS) is 16.6. The van der Waals surface area contributed by atoms with Crippen LogP contribution in [0.3, 0.4) is 0 Å². The van der Waals surface area contributed by atoms with E-state index >= 15 is 0 Å². The highest BCUT2D eigenvalue weighted by atomic mass is 35.5. The summed E-state index contributed by atoms with van der Waals surface area (Å²) in [7, 11) is 0. The molecule has 1 aliphatic rings. The van der Waals surface area contributed by atoms with Crippen LogP contribution >= 0.6 is 12.4 Å². The zero-order valence-electron chi connectivity index (χ0n) is 12.6.